The van der Waals surface area contributed by atoms with Crippen LogP contribution in [0.2, 0.25) is 0 Å². The molecule has 0 radical (unpaired) electrons. The molecule has 110 valence electrons. The Hall–Kier alpha value is -2.56. The largest absolute Gasteiger partial charge is 0.497 e. The van der Waals surface area contributed by atoms with E-state index < -0.39 is 0 Å². The molecule has 1 amide bonds. The maximum Gasteiger partial charge on any atom is 0.267 e. The number of aromatic amines is 1. The van der Waals surface area contributed by atoms with E-state index >= 15 is 0 Å². The first-order valence-corrected chi connectivity index (χ1v) is 6.70. The van der Waals surface area contributed by atoms with Gasteiger partial charge in [0.1, 0.15) is 11.4 Å². The van der Waals surface area contributed by atoms with Gasteiger partial charge in [-0.2, -0.15) is 0 Å². The Balaban J connectivity index is 1.84. The van der Waals surface area contributed by atoms with E-state index in [0.29, 0.717) is 17.8 Å². The Bertz CT molecular complexity index is 629. The highest BCUT2D eigenvalue weighted by molar-refractivity contribution is 5.99. The van der Waals surface area contributed by atoms with E-state index in [1.54, 1.807) is 19.4 Å². The van der Waals surface area contributed by atoms with Crippen LogP contribution in [0.3, 0.4) is 0 Å². The molecule has 0 unspecified atom stereocenters. The zero-order chi connectivity index (χ0) is 15.2. The molecule has 1 aromatic carbocycles. The molecule has 0 bridgehead atoms. The number of nitrogens with one attached hydrogen (secondary N) is 2. The molecule has 2 rings (SSSR count). The zero-order valence-corrected chi connectivity index (χ0v) is 12.1. The number of methoxy groups -OCH3 is 1. The first kappa shape index (κ1) is 14.8. The molecular weight excluding hydrogens is 268 g/mol. The first-order valence-electron chi connectivity index (χ1n) is 6.70. The molecular formula is C16H18N2O3. The summed E-state index contributed by atoms with van der Waals surface area (Å²) in [6.45, 7) is 1.99. The molecule has 0 aliphatic heterocycles. The SMILES string of the molecule is COc1ccc(CCNC(=O)c2cc(C(C)=O)c[nH]2)cc1. The van der Waals surface area contributed by atoms with Crippen LogP contribution in [0.5, 0.6) is 5.75 Å². The highest BCUT2D eigenvalue weighted by atomic mass is 16.5. The fraction of sp³-hybridized carbons (Fsp3) is 0.250. The Morgan fingerprint density at radius 2 is 1.95 bits per heavy atom. The lowest BCUT2D eigenvalue weighted by molar-refractivity contribution is 0.0949. The van der Waals surface area contributed by atoms with Crippen molar-refractivity contribution in [3.8, 4) is 5.75 Å². The number of carbonyl (C=O) groups is 2. The van der Waals surface area contributed by atoms with Gasteiger partial charge in [-0.3, -0.25) is 9.59 Å². The van der Waals surface area contributed by atoms with Crippen molar-refractivity contribution in [2.75, 3.05) is 13.7 Å². The number of benzene rings is 1. The summed E-state index contributed by atoms with van der Waals surface area (Å²) in [5, 5.41) is 2.82. The average molecular weight is 286 g/mol. The molecule has 0 aliphatic carbocycles. The van der Waals surface area contributed by atoms with E-state index in [4.69, 9.17) is 4.74 Å². The molecule has 5 nitrogen and oxygen atoms in total. The smallest absolute Gasteiger partial charge is 0.267 e. The van der Waals surface area contributed by atoms with Crippen LogP contribution in [0, 0.1) is 0 Å². The fourth-order valence-corrected chi connectivity index (χ4v) is 1.94. The van der Waals surface area contributed by atoms with Crippen LogP contribution in [0.15, 0.2) is 36.5 Å². The molecule has 1 heterocycles. The fourth-order valence-electron chi connectivity index (χ4n) is 1.94. The minimum absolute atomic E-state index is 0.0662. The third-order valence-corrected chi connectivity index (χ3v) is 3.19. The van der Waals surface area contributed by atoms with Crippen molar-refractivity contribution >= 4 is 11.7 Å². The van der Waals surface area contributed by atoms with Crippen LogP contribution in [0.25, 0.3) is 0 Å². The molecule has 2 N–H and O–H groups in total. The molecule has 0 saturated heterocycles. The van der Waals surface area contributed by atoms with E-state index in [1.807, 2.05) is 24.3 Å². The predicted octanol–water partition coefficient (Wildman–Crippen LogP) is 2.20. The Morgan fingerprint density at radius 3 is 2.52 bits per heavy atom. The standard InChI is InChI=1S/C16H18N2O3/c1-11(19)13-9-15(18-10-13)16(20)17-8-7-12-3-5-14(21-2)6-4-12/h3-6,9-10,18H,7-8H2,1-2H3,(H,17,20). The third-order valence-electron chi connectivity index (χ3n) is 3.19. The van der Waals surface area contributed by atoms with Crippen molar-refractivity contribution < 1.29 is 14.3 Å². The molecule has 5 heteroatoms. The summed E-state index contributed by atoms with van der Waals surface area (Å²) in [5.41, 5.74) is 2.03. The second-order valence-corrected chi connectivity index (χ2v) is 4.71. The average Bonchev–Trinajstić information content (AvgIpc) is 2.98. The summed E-state index contributed by atoms with van der Waals surface area (Å²) < 4.78 is 5.09. The van der Waals surface area contributed by atoms with Gasteiger partial charge in [-0.05, 0) is 37.1 Å². The summed E-state index contributed by atoms with van der Waals surface area (Å²) in [6.07, 6.45) is 2.27. The molecule has 0 fully saturated rings. The summed E-state index contributed by atoms with van der Waals surface area (Å²) in [6, 6.07) is 9.27. The Kier molecular flexibility index (Phi) is 4.77. The summed E-state index contributed by atoms with van der Waals surface area (Å²) in [4.78, 5) is 25.9. The molecule has 21 heavy (non-hydrogen) atoms. The van der Waals surface area contributed by atoms with Crippen molar-refractivity contribution in [2.24, 2.45) is 0 Å². The monoisotopic (exact) mass is 286 g/mol. The van der Waals surface area contributed by atoms with Gasteiger partial charge in [-0.1, -0.05) is 12.1 Å². The van der Waals surface area contributed by atoms with Crippen LogP contribution in [-0.4, -0.2) is 30.3 Å². The lowest BCUT2D eigenvalue weighted by atomic mass is 10.1. The Labute approximate surface area is 123 Å². The lowest BCUT2D eigenvalue weighted by Gasteiger charge is -2.05. The number of hydrogen-bond acceptors (Lipinski definition) is 3. The number of ketones is 1. The van der Waals surface area contributed by atoms with E-state index in [1.165, 1.54) is 6.92 Å². The van der Waals surface area contributed by atoms with Gasteiger partial charge in [0, 0.05) is 18.3 Å². The van der Waals surface area contributed by atoms with Gasteiger partial charge < -0.3 is 15.0 Å². The summed E-state index contributed by atoms with van der Waals surface area (Å²) >= 11 is 0. The van der Waals surface area contributed by atoms with Gasteiger partial charge in [0.25, 0.3) is 5.91 Å². The van der Waals surface area contributed by atoms with Gasteiger partial charge >= 0.3 is 0 Å². The summed E-state index contributed by atoms with van der Waals surface area (Å²) in [7, 11) is 1.63. The number of H-pyrrole nitrogens is 1. The van der Waals surface area contributed by atoms with Crippen LogP contribution in [0.4, 0.5) is 0 Å². The second kappa shape index (κ2) is 6.74. The molecule has 1 aromatic heterocycles. The van der Waals surface area contributed by atoms with Crippen molar-refractivity contribution in [3.63, 3.8) is 0 Å². The van der Waals surface area contributed by atoms with Crippen molar-refractivity contribution in [1.29, 1.82) is 0 Å². The number of rotatable bonds is 6. The maximum atomic E-state index is 11.9. The van der Waals surface area contributed by atoms with Crippen LogP contribution < -0.4 is 10.1 Å². The van der Waals surface area contributed by atoms with Crippen molar-refractivity contribution in [2.45, 2.75) is 13.3 Å². The number of ether oxygens (including phenoxy) is 1. The van der Waals surface area contributed by atoms with Crippen LogP contribution in [-0.2, 0) is 6.42 Å². The van der Waals surface area contributed by atoms with E-state index in [0.717, 1.165) is 17.7 Å². The van der Waals surface area contributed by atoms with Gasteiger partial charge in [-0.15, -0.1) is 0 Å². The molecule has 0 saturated carbocycles. The van der Waals surface area contributed by atoms with Gasteiger partial charge in [0.2, 0.25) is 0 Å². The van der Waals surface area contributed by atoms with Crippen LogP contribution >= 0.6 is 0 Å². The Morgan fingerprint density at radius 1 is 1.24 bits per heavy atom. The zero-order valence-electron chi connectivity index (χ0n) is 12.1. The second-order valence-electron chi connectivity index (χ2n) is 4.71. The van der Waals surface area contributed by atoms with Crippen LogP contribution in [0.1, 0.15) is 33.3 Å². The number of aromatic nitrogens is 1. The minimum atomic E-state index is -0.212. The topological polar surface area (TPSA) is 71.2 Å². The lowest BCUT2D eigenvalue weighted by Crippen LogP contribution is -2.25. The van der Waals surface area contributed by atoms with Crippen molar-refractivity contribution in [3.05, 3.63) is 53.3 Å². The van der Waals surface area contributed by atoms with Gasteiger partial charge in [0.15, 0.2) is 5.78 Å². The third kappa shape index (κ3) is 3.95. The van der Waals surface area contributed by atoms with Gasteiger partial charge in [-0.25, -0.2) is 0 Å². The molecule has 2 aromatic rings. The quantitative estimate of drug-likeness (QED) is 0.800. The molecule has 0 atom stereocenters. The highest BCUT2D eigenvalue weighted by Crippen LogP contribution is 2.11. The van der Waals surface area contributed by atoms with E-state index in [9.17, 15) is 9.59 Å². The molecule has 0 aliphatic rings. The highest BCUT2D eigenvalue weighted by Gasteiger charge is 2.09. The normalized spacial score (nSPS) is 10.2. The van der Waals surface area contributed by atoms with E-state index in [-0.39, 0.29) is 11.7 Å². The van der Waals surface area contributed by atoms with E-state index in [2.05, 4.69) is 10.3 Å². The number of carbonyl (C=O) groups excluding carboxylic acids is 2. The predicted molar refractivity (Wildman–Crippen MR) is 79.8 cm³/mol. The number of hydrogen-bond donors (Lipinski definition) is 2. The first-order chi connectivity index (χ1) is 10.1. The maximum absolute atomic E-state index is 11.9. The summed E-state index contributed by atoms with van der Waals surface area (Å²) in [5.74, 6) is 0.533. The van der Waals surface area contributed by atoms with Gasteiger partial charge in [0.05, 0.1) is 7.11 Å². The molecule has 0 spiro atoms. The number of amides is 1. The minimum Gasteiger partial charge on any atom is -0.497 e. The van der Waals surface area contributed by atoms with Crippen molar-refractivity contribution in [1.82, 2.24) is 10.3 Å². The number of Topliss-reactive ketones (excluding diaryl/α,β-unsaturated/α-hetero) is 1.